The van der Waals surface area contributed by atoms with Gasteiger partial charge in [-0.15, -0.1) is 0 Å². The molecule has 1 amide bonds. The Morgan fingerprint density at radius 2 is 1.43 bits per heavy atom. The van der Waals surface area contributed by atoms with Crippen LogP contribution in [-0.2, 0) is 25.8 Å². The molecule has 2 heterocycles. The van der Waals surface area contributed by atoms with E-state index in [2.05, 4.69) is 118 Å². The highest BCUT2D eigenvalue weighted by molar-refractivity contribution is 8.24. The summed E-state index contributed by atoms with van der Waals surface area (Å²) in [5, 5.41) is -0.237. The Morgan fingerprint density at radius 3 is 2.11 bits per heavy atom. The summed E-state index contributed by atoms with van der Waals surface area (Å²) in [5.41, 5.74) is 13.4. The standard InChI is InChI=1S/C41H38N2O2S2/c1-7-42-37(45)35(47-38(42)46)23-41(6)30-15-11-9-12-25(30)27-17-16-24(20-32(27)41)43-34-22-31-28(21-33(34)40(4,5)36(43)18-19-44)26-13-8-10-14-29(26)39(31,2)3/h8-22,35H,7,23H2,1-6H3/b36-18+. The number of thioether (sulfide) groups is 1. The summed E-state index contributed by atoms with van der Waals surface area (Å²) in [6.07, 6.45) is 3.31. The Kier molecular flexibility index (Phi) is 6.62. The largest absolute Gasteiger partial charge is 0.313 e. The third-order valence-corrected chi connectivity index (χ3v) is 12.9. The van der Waals surface area contributed by atoms with Crippen molar-refractivity contribution in [3.63, 3.8) is 0 Å². The fraction of sp³-hybridized carbons (Fsp3) is 0.293. The molecule has 0 N–H and O–H groups in total. The lowest BCUT2D eigenvalue weighted by molar-refractivity contribution is -0.126. The Bertz CT molecular complexity index is 2090. The lowest BCUT2D eigenvalue weighted by atomic mass is 9.76. The number of thiocarbonyl (C=S) groups is 1. The molecule has 1 fully saturated rings. The summed E-state index contributed by atoms with van der Waals surface area (Å²) in [6.45, 7) is 13.9. The molecule has 236 valence electrons. The number of rotatable bonds is 5. The summed E-state index contributed by atoms with van der Waals surface area (Å²) in [4.78, 5) is 29.8. The first-order valence-electron chi connectivity index (χ1n) is 16.4. The first-order valence-corrected chi connectivity index (χ1v) is 17.7. The number of anilines is 2. The normalized spacial score (nSPS) is 23.5. The van der Waals surface area contributed by atoms with Crippen LogP contribution >= 0.6 is 24.0 Å². The van der Waals surface area contributed by atoms with Crippen LogP contribution in [0.3, 0.4) is 0 Å². The second-order valence-corrected chi connectivity index (χ2v) is 16.3. The number of carbonyl (C=O) groups is 2. The fourth-order valence-electron chi connectivity index (χ4n) is 8.81. The van der Waals surface area contributed by atoms with Gasteiger partial charge >= 0.3 is 0 Å². The molecule has 4 aromatic carbocycles. The molecular weight excluding hydrogens is 617 g/mol. The molecule has 8 rings (SSSR count). The van der Waals surface area contributed by atoms with Crippen LogP contribution in [0.2, 0.25) is 0 Å². The molecular formula is C41H38N2O2S2. The van der Waals surface area contributed by atoms with Gasteiger partial charge in [-0.25, -0.2) is 0 Å². The molecule has 4 nitrogen and oxygen atoms in total. The number of amides is 1. The summed E-state index contributed by atoms with van der Waals surface area (Å²) in [5.74, 6) is 0.106. The zero-order chi connectivity index (χ0) is 33.0. The van der Waals surface area contributed by atoms with Crippen LogP contribution < -0.4 is 4.90 Å². The average Bonchev–Trinajstić information content (AvgIpc) is 3.64. The third-order valence-electron chi connectivity index (χ3n) is 11.3. The summed E-state index contributed by atoms with van der Waals surface area (Å²) < 4.78 is 0.670. The van der Waals surface area contributed by atoms with Crippen LogP contribution in [0.25, 0.3) is 22.3 Å². The molecule has 6 heteroatoms. The number of hydrogen-bond acceptors (Lipinski definition) is 5. The summed E-state index contributed by atoms with van der Waals surface area (Å²) >= 11 is 7.14. The second-order valence-electron chi connectivity index (χ2n) is 14.5. The Labute approximate surface area is 286 Å². The molecule has 2 aliphatic carbocycles. The number of carbonyl (C=O) groups excluding carboxylic acids is 2. The van der Waals surface area contributed by atoms with Gasteiger partial charge in [0.05, 0.1) is 10.9 Å². The predicted molar refractivity (Wildman–Crippen MR) is 198 cm³/mol. The van der Waals surface area contributed by atoms with Crippen molar-refractivity contribution in [2.24, 2.45) is 0 Å². The molecule has 0 bridgehead atoms. The van der Waals surface area contributed by atoms with Gasteiger partial charge in [-0.05, 0) is 93.8 Å². The van der Waals surface area contributed by atoms with Gasteiger partial charge in [-0.1, -0.05) is 113 Å². The summed E-state index contributed by atoms with van der Waals surface area (Å²) in [6, 6.07) is 28.8. The fourth-order valence-corrected chi connectivity index (χ4v) is 10.6. The van der Waals surface area contributed by atoms with Crippen molar-refractivity contribution >= 4 is 51.9 Å². The molecule has 4 aliphatic rings. The van der Waals surface area contributed by atoms with Crippen LogP contribution in [-0.4, -0.2) is 33.2 Å². The van der Waals surface area contributed by atoms with E-state index >= 15 is 0 Å². The van der Waals surface area contributed by atoms with Crippen molar-refractivity contribution < 1.29 is 9.59 Å². The van der Waals surface area contributed by atoms with Crippen LogP contribution in [0, 0.1) is 0 Å². The molecule has 1 saturated heterocycles. The number of fused-ring (bicyclic) bond motifs is 7. The van der Waals surface area contributed by atoms with Gasteiger partial charge in [0.2, 0.25) is 5.91 Å². The predicted octanol–water partition coefficient (Wildman–Crippen LogP) is 9.43. The minimum Gasteiger partial charge on any atom is -0.313 e. The van der Waals surface area contributed by atoms with E-state index in [0.29, 0.717) is 17.3 Å². The minimum absolute atomic E-state index is 0.106. The number of benzene rings is 4. The van der Waals surface area contributed by atoms with Crippen molar-refractivity contribution in [3.05, 3.63) is 118 Å². The highest BCUT2D eigenvalue weighted by atomic mass is 32.2. The molecule has 2 aliphatic heterocycles. The maximum absolute atomic E-state index is 13.5. The molecule has 2 unspecified atom stereocenters. The van der Waals surface area contributed by atoms with Gasteiger partial charge < -0.3 is 4.90 Å². The minimum atomic E-state index is -0.400. The van der Waals surface area contributed by atoms with Gasteiger partial charge in [0.15, 0.2) is 0 Å². The van der Waals surface area contributed by atoms with E-state index < -0.39 is 10.8 Å². The number of nitrogens with zero attached hydrogens (tertiary/aromatic N) is 2. The monoisotopic (exact) mass is 654 g/mol. The van der Waals surface area contributed by atoms with Crippen molar-refractivity contribution in [2.45, 2.75) is 69.5 Å². The van der Waals surface area contributed by atoms with Crippen LogP contribution in [0.1, 0.15) is 75.8 Å². The molecule has 2 atom stereocenters. The van der Waals surface area contributed by atoms with E-state index in [0.717, 1.165) is 23.4 Å². The average molecular weight is 655 g/mol. The highest BCUT2D eigenvalue weighted by Gasteiger charge is 2.48. The maximum Gasteiger partial charge on any atom is 0.241 e. The van der Waals surface area contributed by atoms with Crippen LogP contribution in [0.4, 0.5) is 11.4 Å². The van der Waals surface area contributed by atoms with Gasteiger partial charge in [0, 0.05) is 34.2 Å². The Morgan fingerprint density at radius 1 is 0.766 bits per heavy atom. The van der Waals surface area contributed by atoms with E-state index in [1.807, 2.05) is 6.92 Å². The highest BCUT2D eigenvalue weighted by Crippen LogP contribution is 2.59. The SMILES string of the molecule is CCN1C(=O)C(CC2(C)c3ccccc3-c3ccc(N4/C(=C/C=O)C(C)(C)c5cc6c(cc54)C(C)(C)c4ccccc4-6)cc32)SC1=S. The Hall–Kier alpha value is -4.00. The van der Waals surface area contributed by atoms with E-state index in [1.165, 1.54) is 61.8 Å². The van der Waals surface area contributed by atoms with Gasteiger partial charge in [-0.3, -0.25) is 14.5 Å². The van der Waals surface area contributed by atoms with Crippen molar-refractivity contribution in [3.8, 4) is 22.3 Å². The molecule has 0 saturated carbocycles. The second kappa shape index (κ2) is 10.2. The first kappa shape index (κ1) is 30.3. The molecule has 47 heavy (non-hydrogen) atoms. The zero-order valence-electron chi connectivity index (χ0n) is 27.7. The Balaban J connectivity index is 1.30. The molecule has 4 aromatic rings. The van der Waals surface area contributed by atoms with E-state index in [4.69, 9.17) is 12.2 Å². The molecule has 0 spiro atoms. The van der Waals surface area contributed by atoms with Gasteiger partial charge in [-0.2, -0.15) is 0 Å². The lowest BCUT2D eigenvalue weighted by Gasteiger charge is -2.31. The molecule has 0 aromatic heterocycles. The van der Waals surface area contributed by atoms with Gasteiger partial charge in [0.1, 0.15) is 10.6 Å². The quantitative estimate of drug-likeness (QED) is 0.122. The topological polar surface area (TPSA) is 40.6 Å². The van der Waals surface area contributed by atoms with Crippen LogP contribution in [0.5, 0.6) is 0 Å². The van der Waals surface area contributed by atoms with Crippen molar-refractivity contribution in [1.82, 2.24) is 4.90 Å². The van der Waals surface area contributed by atoms with Gasteiger partial charge in [0.25, 0.3) is 0 Å². The van der Waals surface area contributed by atoms with Crippen molar-refractivity contribution in [1.29, 1.82) is 0 Å². The van der Waals surface area contributed by atoms with Crippen molar-refractivity contribution in [2.75, 3.05) is 11.4 Å². The number of allylic oxidation sites excluding steroid dienone is 2. The number of aldehydes is 1. The zero-order valence-corrected chi connectivity index (χ0v) is 29.3. The maximum atomic E-state index is 13.5. The first-order chi connectivity index (χ1) is 22.4. The van der Waals surface area contributed by atoms with E-state index in [9.17, 15) is 9.59 Å². The van der Waals surface area contributed by atoms with E-state index in [1.54, 1.807) is 11.0 Å². The summed E-state index contributed by atoms with van der Waals surface area (Å²) in [7, 11) is 0. The smallest absolute Gasteiger partial charge is 0.241 e. The molecule has 0 radical (unpaired) electrons. The lowest BCUT2D eigenvalue weighted by Crippen LogP contribution is -2.34. The van der Waals surface area contributed by atoms with Crippen LogP contribution in [0.15, 0.2) is 90.6 Å². The number of hydrogen-bond donors (Lipinski definition) is 0. The third kappa shape index (κ3) is 4.04. The van der Waals surface area contributed by atoms with E-state index in [-0.39, 0.29) is 16.6 Å².